The van der Waals surface area contributed by atoms with Crippen LogP contribution in [-0.2, 0) is 4.74 Å². The zero-order valence-corrected chi connectivity index (χ0v) is 12.7. The average Bonchev–Trinajstić information content (AvgIpc) is 2.80. The molecule has 1 unspecified atom stereocenters. The van der Waals surface area contributed by atoms with Gasteiger partial charge in [-0.3, -0.25) is 9.36 Å². The second kappa shape index (κ2) is 5.73. The van der Waals surface area contributed by atoms with E-state index in [4.69, 9.17) is 22.1 Å². The second-order valence-electron chi connectivity index (χ2n) is 5.31. The van der Waals surface area contributed by atoms with Gasteiger partial charge in [0.15, 0.2) is 12.0 Å². The number of nitrogens with zero attached hydrogens (tertiary/aromatic N) is 2. The van der Waals surface area contributed by atoms with Crippen LogP contribution in [0.3, 0.4) is 0 Å². The summed E-state index contributed by atoms with van der Waals surface area (Å²) in [6.45, 7) is 0.894. The van der Waals surface area contributed by atoms with Gasteiger partial charge in [-0.25, -0.2) is 9.37 Å². The molecule has 0 spiro atoms. The number of hydrogen-bond donors (Lipinski definition) is 4. The Morgan fingerprint density at radius 2 is 2.17 bits per heavy atom. The molecule has 0 radical (unpaired) electrons. The first kappa shape index (κ1) is 16.1. The highest BCUT2D eigenvalue weighted by Gasteiger charge is 2.43. The molecule has 8 nitrogen and oxygen atoms in total. The van der Waals surface area contributed by atoms with E-state index in [0.29, 0.717) is 0 Å². The van der Waals surface area contributed by atoms with E-state index in [1.807, 2.05) is 0 Å². The Morgan fingerprint density at radius 3 is 2.78 bits per heavy atom. The molecule has 1 aliphatic rings. The maximum absolute atomic E-state index is 13.8. The van der Waals surface area contributed by atoms with E-state index in [2.05, 4.69) is 9.97 Å². The van der Waals surface area contributed by atoms with Gasteiger partial charge in [0.1, 0.15) is 24.0 Å². The van der Waals surface area contributed by atoms with Gasteiger partial charge in [0.2, 0.25) is 10.2 Å². The molecule has 4 N–H and O–H groups in total. The monoisotopic (exact) mass is 343 g/mol. The SMILES string of the molecule is Cc1[nH]c2nc(=S)n([C@@H]3O[C@H](CO)C(O)[C@@H]3O)cc2c(=O)c1F. The van der Waals surface area contributed by atoms with E-state index >= 15 is 0 Å². The number of fused-ring (bicyclic) bond motifs is 1. The van der Waals surface area contributed by atoms with Crippen LogP contribution in [0.1, 0.15) is 11.9 Å². The third kappa shape index (κ3) is 2.48. The van der Waals surface area contributed by atoms with Crippen molar-refractivity contribution < 1.29 is 24.4 Å². The Bertz CT molecular complexity index is 882. The molecule has 2 aromatic heterocycles. The molecule has 23 heavy (non-hydrogen) atoms. The average molecular weight is 343 g/mol. The number of pyridine rings is 1. The zero-order valence-electron chi connectivity index (χ0n) is 11.9. The summed E-state index contributed by atoms with van der Waals surface area (Å²) in [7, 11) is 0. The predicted molar refractivity (Wildman–Crippen MR) is 78.9 cm³/mol. The lowest BCUT2D eigenvalue weighted by Gasteiger charge is -2.18. The summed E-state index contributed by atoms with van der Waals surface area (Å²) >= 11 is 5.10. The van der Waals surface area contributed by atoms with Crippen LogP contribution in [-0.4, -0.2) is 54.8 Å². The van der Waals surface area contributed by atoms with Crippen LogP contribution < -0.4 is 5.43 Å². The van der Waals surface area contributed by atoms with Gasteiger partial charge >= 0.3 is 0 Å². The molecule has 0 aliphatic carbocycles. The number of hydrogen-bond acceptors (Lipinski definition) is 7. The number of rotatable bonds is 2. The highest BCUT2D eigenvalue weighted by molar-refractivity contribution is 7.71. The highest BCUT2D eigenvalue weighted by atomic mass is 32.1. The van der Waals surface area contributed by atoms with Crippen molar-refractivity contribution in [1.29, 1.82) is 0 Å². The van der Waals surface area contributed by atoms with E-state index in [1.54, 1.807) is 0 Å². The molecule has 1 fully saturated rings. The number of aryl methyl sites for hydroxylation is 1. The molecule has 1 saturated heterocycles. The minimum absolute atomic E-state index is 0.0333. The maximum Gasteiger partial charge on any atom is 0.228 e. The number of aliphatic hydroxyl groups is 3. The molecule has 124 valence electrons. The van der Waals surface area contributed by atoms with Gasteiger partial charge in [-0.2, -0.15) is 0 Å². The van der Waals surface area contributed by atoms with Gasteiger partial charge in [-0.1, -0.05) is 0 Å². The maximum atomic E-state index is 13.8. The fraction of sp³-hybridized carbons (Fsp3) is 0.462. The summed E-state index contributed by atoms with van der Waals surface area (Å²) in [5.41, 5.74) is -0.712. The Morgan fingerprint density at radius 1 is 1.48 bits per heavy atom. The van der Waals surface area contributed by atoms with Gasteiger partial charge in [-0.05, 0) is 19.1 Å². The third-order valence-corrected chi connectivity index (χ3v) is 4.12. The summed E-state index contributed by atoms with van der Waals surface area (Å²) in [5, 5.41) is 28.9. The molecular formula is C13H14FN3O5S. The van der Waals surface area contributed by atoms with E-state index in [0.717, 1.165) is 4.57 Å². The molecule has 3 heterocycles. The number of ether oxygens (including phenoxy) is 1. The molecule has 1 aliphatic heterocycles. The summed E-state index contributed by atoms with van der Waals surface area (Å²) < 4.78 is 20.2. The largest absolute Gasteiger partial charge is 0.394 e. The van der Waals surface area contributed by atoms with Crippen molar-refractivity contribution in [1.82, 2.24) is 14.5 Å². The van der Waals surface area contributed by atoms with Crippen molar-refractivity contribution >= 4 is 23.3 Å². The summed E-state index contributed by atoms with van der Waals surface area (Å²) in [6.07, 6.45) is -3.63. The fourth-order valence-corrected chi connectivity index (χ4v) is 2.79. The van der Waals surface area contributed by atoms with Crippen LogP contribution >= 0.6 is 12.2 Å². The van der Waals surface area contributed by atoms with Crippen LogP contribution in [0, 0.1) is 17.5 Å². The van der Waals surface area contributed by atoms with Crippen molar-refractivity contribution in [2.75, 3.05) is 6.61 Å². The first-order valence-electron chi connectivity index (χ1n) is 6.79. The number of nitrogens with one attached hydrogen (secondary N) is 1. The van der Waals surface area contributed by atoms with Crippen molar-refractivity contribution in [2.24, 2.45) is 0 Å². The van der Waals surface area contributed by atoms with E-state index < -0.39 is 42.4 Å². The standard InChI is InChI=1S/C13H14FN3O5S/c1-4-7(14)8(19)5-2-17(13(23)16-11(5)15-4)12-10(21)9(20)6(3-18)22-12/h2,6,9-10,12,18,20-21H,3H2,1H3,(H,15,16,23)/t6-,9?,10+,12-/m1/s1. The number of H-pyrrole nitrogens is 1. The van der Waals surface area contributed by atoms with Crippen LogP contribution in [0.2, 0.25) is 0 Å². The Kier molecular flexibility index (Phi) is 4.02. The lowest BCUT2D eigenvalue weighted by molar-refractivity contribution is -0.0538. The number of halogens is 1. The van der Waals surface area contributed by atoms with E-state index in [1.165, 1.54) is 13.1 Å². The van der Waals surface area contributed by atoms with Crippen molar-refractivity contribution in [3.8, 4) is 0 Å². The minimum Gasteiger partial charge on any atom is -0.394 e. The second-order valence-corrected chi connectivity index (χ2v) is 5.68. The zero-order chi connectivity index (χ0) is 16.9. The van der Waals surface area contributed by atoms with Crippen LogP contribution in [0.25, 0.3) is 11.0 Å². The first-order chi connectivity index (χ1) is 10.8. The van der Waals surface area contributed by atoms with Crippen molar-refractivity contribution in [3.05, 3.63) is 32.7 Å². The van der Waals surface area contributed by atoms with Crippen molar-refractivity contribution in [3.63, 3.8) is 0 Å². The molecule has 2 aromatic rings. The van der Waals surface area contributed by atoms with Crippen LogP contribution in [0.15, 0.2) is 11.0 Å². The quantitative estimate of drug-likeness (QED) is 0.543. The smallest absolute Gasteiger partial charge is 0.228 e. The molecule has 10 heteroatoms. The van der Waals surface area contributed by atoms with E-state index in [-0.39, 0.29) is 21.5 Å². The Hall–Kier alpha value is -1.72. The van der Waals surface area contributed by atoms with Crippen LogP contribution in [0.4, 0.5) is 4.39 Å². The molecule has 0 amide bonds. The summed E-state index contributed by atoms with van der Waals surface area (Å²) in [6, 6.07) is 0. The molecule has 4 atom stereocenters. The molecule has 0 aromatic carbocycles. The topological polar surface area (TPSA) is 121 Å². The lowest BCUT2D eigenvalue weighted by atomic mass is 10.1. The molecule has 0 bridgehead atoms. The highest BCUT2D eigenvalue weighted by Crippen LogP contribution is 2.29. The van der Waals surface area contributed by atoms with Crippen LogP contribution in [0.5, 0.6) is 0 Å². The van der Waals surface area contributed by atoms with Gasteiger partial charge in [0, 0.05) is 6.20 Å². The van der Waals surface area contributed by atoms with Gasteiger partial charge in [0.05, 0.1) is 17.7 Å². The lowest BCUT2D eigenvalue weighted by Crippen LogP contribution is -2.33. The minimum atomic E-state index is -1.38. The number of aliphatic hydroxyl groups excluding tert-OH is 3. The fourth-order valence-electron chi connectivity index (χ4n) is 2.54. The summed E-state index contributed by atoms with van der Waals surface area (Å²) in [5.74, 6) is -0.941. The van der Waals surface area contributed by atoms with Gasteiger partial charge < -0.3 is 25.0 Å². The van der Waals surface area contributed by atoms with E-state index in [9.17, 15) is 19.4 Å². The number of aromatic amines is 1. The summed E-state index contributed by atoms with van der Waals surface area (Å²) in [4.78, 5) is 18.7. The first-order valence-corrected chi connectivity index (χ1v) is 7.19. The number of aromatic nitrogens is 3. The normalized spacial score (nSPS) is 27.7. The molecular weight excluding hydrogens is 329 g/mol. The van der Waals surface area contributed by atoms with Gasteiger partial charge in [-0.15, -0.1) is 0 Å². The third-order valence-electron chi connectivity index (χ3n) is 3.82. The molecule has 0 saturated carbocycles. The Labute approximate surface area is 133 Å². The van der Waals surface area contributed by atoms with Gasteiger partial charge in [0.25, 0.3) is 0 Å². The molecule has 3 rings (SSSR count). The Balaban J connectivity index is 2.18. The predicted octanol–water partition coefficient (Wildman–Crippen LogP) is -0.487. The van der Waals surface area contributed by atoms with Crippen molar-refractivity contribution in [2.45, 2.75) is 31.5 Å².